The Labute approximate surface area is 114 Å². The molecule has 4 heteroatoms. The molecule has 1 saturated heterocycles. The lowest BCUT2D eigenvalue weighted by molar-refractivity contribution is -0.132. The molecule has 1 aliphatic rings. The van der Waals surface area contributed by atoms with Gasteiger partial charge < -0.3 is 15.1 Å². The highest BCUT2D eigenvalue weighted by atomic mass is 16.3. The van der Waals surface area contributed by atoms with Gasteiger partial charge in [0.05, 0.1) is 6.04 Å². The molecule has 1 aromatic heterocycles. The number of piperidine rings is 1. The zero-order chi connectivity index (χ0) is 14.0. The average molecular weight is 264 g/mol. The highest BCUT2D eigenvalue weighted by Gasteiger charge is 2.35. The monoisotopic (exact) mass is 264 g/mol. The van der Waals surface area contributed by atoms with Crippen molar-refractivity contribution in [3.8, 4) is 0 Å². The Balaban J connectivity index is 2.04. The normalized spacial score (nSPS) is 20.0. The van der Waals surface area contributed by atoms with E-state index in [0.717, 1.165) is 43.0 Å². The van der Waals surface area contributed by atoms with Crippen LogP contribution < -0.4 is 10.6 Å². The Hall–Kier alpha value is -1.29. The number of carbonyl (C=O) groups excluding carboxylic acids is 1. The van der Waals surface area contributed by atoms with Crippen LogP contribution in [-0.2, 0) is 4.79 Å². The number of carbonyl (C=O) groups is 1. The summed E-state index contributed by atoms with van der Waals surface area (Å²) in [6.45, 7) is 9.78. The summed E-state index contributed by atoms with van der Waals surface area (Å²) in [6, 6.07) is 2.00. The molecule has 106 valence electrons. The van der Waals surface area contributed by atoms with Crippen molar-refractivity contribution in [2.75, 3.05) is 13.1 Å². The number of hydrogen-bond acceptors (Lipinski definition) is 3. The first-order valence-corrected chi connectivity index (χ1v) is 7.01. The molecule has 0 spiro atoms. The van der Waals surface area contributed by atoms with Gasteiger partial charge in [-0.2, -0.15) is 0 Å². The number of amides is 1. The second kappa shape index (κ2) is 5.37. The second-order valence-corrected chi connectivity index (χ2v) is 5.87. The van der Waals surface area contributed by atoms with E-state index in [1.807, 2.05) is 26.8 Å². The molecule has 4 nitrogen and oxygen atoms in total. The average Bonchev–Trinajstić information content (AvgIpc) is 2.69. The Morgan fingerprint density at radius 2 is 2.05 bits per heavy atom. The minimum Gasteiger partial charge on any atom is -0.466 e. The maximum Gasteiger partial charge on any atom is 0.226 e. The molecule has 19 heavy (non-hydrogen) atoms. The van der Waals surface area contributed by atoms with E-state index in [-0.39, 0.29) is 17.4 Å². The summed E-state index contributed by atoms with van der Waals surface area (Å²) >= 11 is 0. The molecule has 1 unspecified atom stereocenters. The van der Waals surface area contributed by atoms with Gasteiger partial charge in [-0.05, 0) is 52.8 Å². The van der Waals surface area contributed by atoms with Crippen LogP contribution in [0, 0.1) is 19.3 Å². The summed E-state index contributed by atoms with van der Waals surface area (Å²) in [5.74, 6) is 1.93. The number of aryl methyl sites for hydroxylation is 2. The third-order valence-electron chi connectivity index (χ3n) is 4.15. The molecule has 1 atom stereocenters. The van der Waals surface area contributed by atoms with Crippen molar-refractivity contribution in [1.82, 2.24) is 10.6 Å². The zero-order valence-corrected chi connectivity index (χ0v) is 12.3. The van der Waals surface area contributed by atoms with Crippen LogP contribution in [0.4, 0.5) is 0 Å². The first kappa shape index (κ1) is 14.1. The highest BCUT2D eigenvalue weighted by Crippen LogP contribution is 2.30. The molecule has 1 fully saturated rings. The van der Waals surface area contributed by atoms with Crippen LogP contribution in [0.3, 0.4) is 0 Å². The highest BCUT2D eigenvalue weighted by molar-refractivity contribution is 5.82. The van der Waals surface area contributed by atoms with E-state index in [0.29, 0.717) is 0 Å². The van der Waals surface area contributed by atoms with Crippen molar-refractivity contribution in [3.63, 3.8) is 0 Å². The van der Waals surface area contributed by atoms with Crippen LogP contribution in [0.1, 0.15) is 49.8 Å². The number of hydrogen-bond donors (Lipinski definition) is 2. The molecule has 2 N–H and O–H groups in total. The van der Waals surface area contributed by atoms with Gasteiger partial charge in [0.2, 0.25) is 5.91 Å². The number of furan rings is 1. The Kier molecular flexibility index (Phi) is 3.99. The first-order chi connectivity index (χ1) is 8.92. The minimum atomic E-state index is -0.244. The number of rotatable bonds is 3. The molecule has 0 radical (unpaired) electrons. The molecular weight excluding hydrogens is 240 g/mol. The lowest BCUT2D eigenvalue weighted by atomic mass is 9.80. The lowest BCUT2D eigenvalue weighted by Crippen LogP contribution is -2.46. The number of nitrogens with one attached hydrogen (secondary N) is 2. The van der Waals surface area contributed by atoms with Crippen molar-refractivity contribution in [3.05, 3.63) is 23.2 Å². The second-order valence-electron chi connectivity index (χ2n) is 5.87. The third-order valence-corrected chi connectivity index (χ3v) is 4.15. The van der Waals surface area contributed by atoms with Crippen molar-refractivity contribution in [2.45, 2.75) is 46.6 Å². The van der Waals surface area contributed by atoms with Crippen LogP contribution in [-0.4, -0.2) is 19.0 Å². The standard InChI is InChI=1S/C15H24N2O2/c1-10-9-13(12(3)19-10)11(2)17-14(18)15(4)5-7-16-8-6-15/h9,11,16H,5-8H2,1-4H3,(H,17,18). The summed E-state index contributed by atoms with van der Waals surface area (Å²) in [6.07, 6.45) is 1.80. The first-order valence-electron chi connectivity index (χ1n) is 7.01. The van der Waals surface area contributed by atoms with E-state index in [9.17, 15) is 4.79 Å². The Bertz CT molecular complexity index is 459. The fraction of sp³-hybridized carbons (Fsp3) is 0.667. The van der Waals surface area contributed by atoms with Crippen LogP contribution >= 0.6 is 0 Å². The quantitative estimate of drug-likeness (QED) is 0.881. The molecule has 1 aliphatic heterocycles. The SMILES string of the molecule is Cc1cc(C(C)NC(=O)C2(C)CCNCC2)c(C)o1. The van der Waals surface area contributed by atoms with Gasteiger partial charge in [0.25, 0.3) is 0 Å². The molecule has 0 bridgehead atoms. The van der Waals surface area contributed by atoms with Gasteiger partial charge in [-0.15, -0.1) is 0 Å². The Morgan fingerprint density at radius 1 is 1.42 bits per heavy atom. The fourth-order valence-electron chi connectivity index (χ4n) is 2.73. The zero-order valence-electron chi connectivity index (χ0n) is 12.3. The predicted molar refractivity (Wildman–Crippen MR) is 75.0 cm³/mol. The molecular formula is C15H24N2O2. The summed E-state index contributed by atoms with van der Waals surface area (Å²) in [4.78, 5) is 12.5. The summed E-state index contributed by atoms with van der Waals surface area (Å²) < 4.78 is 5.53. The summed E-state index contributed by atoms with van der Waals surface area (Å²) in [7, 11) is 0. The van der Waals surface area contributed by atoms with Crippen molar-refractivity contribution >= 4 is 5.91 Å². The smallest absolute Gasteiger partial charge is 0.226 e. The van der Waals surface area contributed by atoms with Crippen LogP contribution in [0.2, 0.25) is 0 Å². The molecule has 1 amide bonds. The topological polar surface area (TPSA) is 54.3 Å². The summed E-state index contributed by atoms with van der Waals surface area (Å²) in [5, 5.41) is 6.43. The van der Waals surface area contributed by atoms with Gasteiger partial charge in [-0.25, -0.2) is 0 Å². The van der Waals surface area contributed by atoms with Gasteiger partial charge >= 0.3 is 0 Å². The van der Waals surface area contributed by atoms with E-state index in [1.54, 1.807) is 0 Å². The van der Waals surface area contributed by atoms with E-state index in [1.165, 1.54) is 0 Å². The van der Waals surface area contributed by atoms with E-state index >= 15 is 0 Å². The molecule has 1 aromatic rings. The predicted octanol–water partition coefficient (Wildman–Crippen LogP) is 2.46. The maximum absolute atomic E-state index is 12.5. The van der Waals surface area contributed by atoms with Crippen molar-refractivity contribution in [2.24, 2.45) is 5.41 Å². The molecule has 2 heterocycles. The molecule has 0 aliphatic carbocycles. The van der Waals surface area contributed by atoms with Crippen molar-refractivity contribution in [1.29, 1.82) is 0 Å². The van der Waals surface area contributed by atoms with Gasteiger partial charge in [0, 0.05) is 11.0 Å². The summed E-state index contributed by atoms with van der Waals surface area (Å²) in [5.41, 5.74) is 0.829. The fourth-order valence-corrected chi connectivity index (χ4v) is 2.73. The van der Waals surface area contributed by atoms with E-state index in [2.05, 4.69) is 17.6 Å². The van der Waals surface area contributed by atoms with Crippen LogP contribution in [0.5, 0.6) is 0 Å². The lowest BCUT2D eigenvalue weighted by Gasteiger charge is -2.33. The maximum atomic E-state index is 12.5. The van der Waals surface area contributed by atoms with Gasteiger partial charge in [-0.3, -0.25) is 4.79 Å². The van der Waals surface area contributed by atoms with Gasteiger partial charge in [0.15, 0.2) is 0 Å². The van der Waals surface area contributed by atoms with Gasteiger partial charge in [0.1, 0.15) is 11.5 Å². The van der Waals surface area contributed by atoms with E-state index in [4.69, 9.17) is 4.42 Å². The molecule has 0 aromatic carbocycles. The van der Waals surface area contributed by atoms with Gasteiger partial charge in [-0.1, -0.05) is 6.92 Å². The molecule has 2 rings (SSSR count). The van der Waals surface area contributed by atoms with Crippen molar-refractivity contribution < 1.29 is 9.21 Å². The van der Waals surface area contributed by atoms with Crippen LogP contribution in [0.25, 0.3) is 0 Å². The van der Waals surface area contributed by atoms with E-state index < -0.39 is 0 Å². The third kappa shape index (κ3) is 3.00. The van der Waals surface area contributed by atoms with Crippen LogP contribution in [0.15, 0.2) is 10.5 Å². The minimum absolute atomic E-state index is 0.00309. The molecule has 0 saturated carbocycles. The largest absolute Gasteiger partial charge is 0.466 e. The Morgan fingerprint density at radius 3 is 2.58 bits per heavy atom.